The molecule has 0 fully saturated rings. The minimum absolute atomic E-state index is 0.0616. The molecule has 0 amide bonds. The van der Waals surface area contributed by atoms with Crippen LogP contribution in [0, 0.1) is 0 Å². The van der Waals surface area contributed by atoms with E-state index in [1.165, 1.54) is 212 Å². The van der Waals surface area contributed by atoms with Gasteiger partial charge in [-0.2, -0.15) is 0 Å². The van der Waals surface area contributed by atoms with Gasteiger partial charge in [0.2, 0.25) is 0 Å². The summed E-state index contributed by atoms with van der Waals surface area (Å²) in [5.41, 5.74) is 0. The first kappa shape index (κ1) is 58.4. The quantitative estimate of drug-likeness (QED) is 0.0345. The van der Waals surface area contributed by atoms with Crippen LogP contribution in [0.3, 0.4) is 0 Å². The molecule has 6 heteroatoms. The Morgan fingerprint density at radius 1 is 0.267 bits per heavy atom. The summed E-state index contributed by atoms with van der Waals surface area (Å²) in [5.74, 6) is -0.838. The Morgan fingerprint density at radius 2 is 0.450 bits per heavy atom. The molecule has 0 aromatic rings. The molecule has 0 aliphatic heterocycles. The standard InChI is InChI=1S/C54H104O6/c1-4-7-10-13-16-19-22-24-26-27-28-30-33-35-38-41-44-47-53(56)59-50-51(60-54(57)48-45-42-39-36-31-21-18-15-12-9-6-3)49-58-52(55)46-43-40-37-34-32-29-25-23-20-17-14-11-8-5-2/h51H,4-50H2,1-3H3/t51-/m1/s1. The third-order valence-corrected chi connectivity index (χ3v) is 12.4. The van der Waals surface area contributed by atoms with Gasteiger partial charge in [-0.15, -0.1) is 0 Å². The molecule has 0 heterocycles. The van der Waals surface area contributed by atoms with Gasteiger partial charge in [0.05, 0.1) is 0 Å². The lowest BCUT2D eigenvalue weighted by Crippen LogP contribution is -2.30. The maximum absolute atomic E-state index is 12.8. The predicted molar refractivity (Wildman–Crippen MR) is 257 cm³/mol. The van der Waals surface area contributed by atoms with Crippen LogP contribution in [-0.4, -0.2) is 37.2 Å². The molecule has 0 rings (SSSR count). The molecule has 0 aromatic carbocycles. The molecule has 0 saturated heterocycles. The molecule has 1 atom stereocenters. The molecule has 0 radical (unpaired) electrons. The third-order valence-electron chi connectivity index (χ3n) is 12.4. The molecule has 0 N–H and O–H groups in total. The van der Waals surface area contributed by atoms with Gasteiger partial charge >= 0.3 is 17.9 Å². The lowest BCUT2D eigenvalue weighted by atomic mass is 10.0. The molecule has 0 spiro atoms. The highest BCUT2D eigenvalue weighted by molar-refractivity contribution is 5.71. The zero-order valence-electron chi connectivity index (χ0n) is 40.8. The first-order valence-electron chi connectivity index (χ1n) is 27.0. The van der Waals surface area contributed by atoms with E-state index in [-0.39, 0.29) is 31.1 Å². The number of hydrogen-bond donors (Lipinski definition) is 0. The predicted octanol–water partition coefficient (Wildman–Crippen LogP) is 17.6. The monoisotopic (exact) mass is 849 g/mol. The van der Waals surface area contributed by atoms with Crippen LogP contribution in [0.1, 0.15) is 310 Å². The highest BCUT2D eigenvalue weighted by Crippen LogP contribution is 2.17. The molecule has 0 bridgehead atoms. The molecule has 0 aliphatic carbocycles. The minimum atomic E-state index is -0.759. The van der Waals surface area contributed by atoms with Crippen LogP contribution < -0.4 is 0 Å². The molecular weight excluding hydrogens is 745 g/mol. The zero-order valence-corrected chi connectivity index (χ0v) is 40.8. The molecule has 0 aliphatic rings. The van der Waals surface area contributed by atoms with E-state index < -0.39 is 6.10 Å². The Morgan fingerprint density at radius 3 is 0.667 bits per heavy atom. The fraction of sp³-hybridized carbons (Fsp3) is 0.944. The average Bonchev–Trinajstić information content (AvgIpc) is 3.24. The second-order valence-electron chi connectivity index (χ2n) is 18.5. The van der Waals surface area contributed by atoms with Crippen LogP contribution in [-0.2, 0) is 28.6 Å². The molecule has 0 unspecified atom stereocenters. The SMILES string of the molecule is CCCCCCCCCCCCCCCCCCCC(=O)OC[C@@H](COC(=O)CCCCCCCCCCCCCCCC)OC(=O)CCCCCCCCCCCCC. The van der Waals surface area contributed by atoms with E-state index in [0.717, 1.165) is 57.8 Å². The summed E-state index contributed by atoms with van der Waals surface area (Å²) in [7, 11) is 0. The third kappa shape index (κ3) is 47.5. The van der Waals surface area contributed by atoms with E-state index in [2.05, 4.69) is 20.8 Å². The molecule has 0 saturated carbocycles. The highest BCUT2D eigenvalue weighted by Gasteiger charge is 2.19. The number of ether oxygens (including phenoxy) is 3. The number of rotatable bonds is 50. The normalized spacial score (nSPS) is 11.8. The number of carbonyl (C=O) groups is 3. The Kier molecular flexibility index (Phi) is 48.7. The molecule has 356 valence electrons. The fourth-order valence-electron chi connectivity index (χ4n) is 8.27. The number of esters is 3. The van der Waals surface area contributed by atoms with Crippen molar-refractivity contribution in [3.05, 3.63) is 0 Å². The van der Waals surface area contributed by atoms with Crippen LogP contribution in [0.15, 0.2) is 0 Å². The van der Waals surface area contributed by atoms with Crippen LogP contribution in [0.4, 0.5) is 0 Å². The summed E-state index contributed by atoms with van der Waals surface area (Å²) in [4.78, 5) is 38.0. The van der Waals surface area contributed by atoms with Crippen molar-refractivity contribution in [2.24, 2.45) is 0 Å². The Bertz CT molecular complexity index is 889. The van der Waals surface area contributed by atoms with Crippen LogP contribution in [0.5, 0.6) is 0 Å². The van der Waals surface area contributed by atoms with Crippen LogP contribution in [0.25, 0.3) is 0 Å². The summed E-state index contributed by atoms with van der Waals surface area (Å²) < 4.78 is 16.8. The van der Waals surface area contributed by atoms with Crippen molar-refractivity contribution < 1.29 is 28.6 Å². The summed E-state index contributed by atoms with van der Waals surface area (Å²) in [6.45, 7) is 6.68. The highest BCUT2D eigenvalue weighted by atomic mass is 16.6. The molecule has 6 nitrogen and oxygen atoms in total. The van der Waals surface area contributed by atoms with Gasteiger partial charge in [-0.05, 0) is 19.3 Å². The van der Waals surface area contributed by atoms with Gasteiger partial charge in [0, 0.05) is 19.3 Å². The van der Waals surface area contributed by atoms with E-state index in [4.69, 9.17) is 14.2 Å². The van der Waals surface area contributed by atoms with E-state index in [1.54, 1.807) is 0 Å². The molecule has 60 heavy (non-hydrogen) atoms. The fourth-order valence-corrected chi connectivity index (χ4v) is 8.27. The van der Waals surface area contributed by atoms with E-state index >= 15 is 0 Å². The first-order chi connectivity index (χ1) is 29.5. The van der Waals surface area contributed by atoms with Crippen molar-refractivity contribution in [3.8, 4) is 0 Å². The van der Waals surface area contributed by atoms with Crippen molar-refractivity contribution in [2.75, 3.05) is 13.2 Å². The number of hydrogen-bond acceptors (Lipinski definition) is 6. The lowest BCUT2D eigenvalue weighted by Gasteiger charge is -2.18. The smallest absolute Gasteiger partial charge is 0.306 e. The van der Waals surface area contributed by atoms with Gasteiger partial charge in [0.1, 0.15) is 13.2 Å². The molecule has 0 aromatic heterocycles. The average molecular weight is 849 g/mol. The van der Waals surface area contributed by atoms with Gasteiger partial charge in [-0.3, -0.25) is 14.4 Å². The maximum Gasteiger partial charge on any atom is 0.306 e. The Hall–Kier alpha value is -1.59. The summed E-state index contributed by atoms with van der Waals surface area (Å²) in [6, 6.07) is 0. The summed E-state index contributed by atoms with van der Waals surface area (Å²) >= 11 is 0. The minimum Gasteiger partial charge on any atom is -0.462 e. The van der Waals surface area contributed by atoms with Gasteiger partial charge in [0.25, 0.3) is 0 Å². The van der Waals surface area contributed by atoms with Gasteiger partial charge < -0.3 is 14.2 Å². The van der Waals surface area contributed by atoms with Gasteiger partial charge in [-0.25, -0.2) is 0 Å². The number of unbranched alkanes of at least 4 members (excludes halogenated alkanes) is 39. The van der Waals surface area contributed by atoms with Crippen molar-refractivity contribution in [3.63, 3.8) is 0 Å². The largest absolute Gasteiger partial charge is 0.462 e. The van der Waals surface area contributed by atoms with Crippen LogP contribution >= 0.6 is 0 Å². The molecular formula is C54H104O6. The van der Waals surface area contributed by atoms with Crippen LogP contribution in [0.2, 0.25) is 0 Å². The lowest BCUT2D eigenvalue weighted by molar-refractivity contribution is -0.167. The van der Waals surface area contributed by atoms with Crippen molar-refractivity contribution >= 4 is 17.9 Å². The Balaban J connectivity index is 4.26. The first-order valence-corrected chi connectivity index (χ1v) is 27.0. The van der Waals surface area contributed by atoms with Crippen molar-refractivity contribution in [2.45, 2.75) is 316 Å². The van der Waals surface area contributed by atoms with Gasteiger partial charge in [0.15, 0.2) is 6.10 Å². The Labute approximate surface area is 374 Å². The summed E-state index contributed by atoms with van der Waals surface area (Å²) in [6.07, 6.45) is 53.7. The van der Waals surface area contributed by atoms with Crippen molar-refractivity contribution in [1.82, 2.24) is 0 Å². The van der Waals surface area contributed by atoms with E-state index in [1.807, 2.05) is 0 Å². The second kappa shape index (κ2) is 50.1. The topological polar surface area (TPSA) is 78.9 Å². The second-order valence-corrected chi connectivity index (χ2v) is 18.5. The maximum atomic E-state index is 12.8. The number of carbonyl (C=O) groups excluding carboxylic acids is 3. The van der Waals surface area contributed by atoms with Crippen molar-refractivity contribution in [1.29, 1.82) is 0 Å². The zero-order chi connectivity index (χ0) is 43.7. The summed E-state index contributed by atoms with van der Waals surface area (Å²) in [5, 5.41) is 0. The van der Waals surface area contributed by atoms with E-state index in [9.17, 15) is 14.4 Å². The van der Waals surface area contributed by atoms with E-state index in [0.29, 0.717) is 19.3 Å². The van der Waals surface area contributed by atoms with Gasteiger partial charge in [-0.1, -0.05) is 271 Å².